The third-order valence-electron chi connectivity index (χ3n) is 3.09. The van der Waals surface area contributed by atoms with Gasteiger partial charge in [0, 0.05) is 12.2 Å². The highest BCUT2D eigenvalue weighted by Gasteiger charge is 2.07. The standard InChI is InChI=1S/C18H22N2O2/c1-4-22-16-10-8-15(9-11-16)13-18(21)20-12-6-5-7-17(20)19-14(2)3/h5-12,14H,4,13H2,1-3H3. The molecule has 1 aromatic heterocycles. The van der Waals surface area contributed by atoms with Gasteiger partial charge in [0.2, 0.25) is 5.91 Å². The van der Waals surface area contributed by atoms with Gasteiger partial charge in [0.1, 0.15) is 11.2 Å². The Balaban J connectivity index is 2.19. The molecule has 0 aliphatic rings. The van der Waals surface area contributed by atoms with Crippen molar-refractivity contribution >= 4 is 5.91 Å². The zero-order valence-electron chi connectivity index (χ0n) is 13.3. The Morgan fingerprint density at radius 3 is 2.55 bits per heavy atom. The van der Waals surface area contributed by atoms with Gasteiger partial charge in [-0.25, -0.2) is 0 Å². The lowest BCUT2D eigenvalue weighted by Crippen LogP contribution is -2.28. The van der Waals surface area contributed by atoms with E-state index in [0.29, 0.717) is 18.5 Å². The average molecular weight is 298 g/mol. The third kappa shape index (κ3) is 4.32. The molecule has 0 spiro atoms. The van der Waals surface area contributed by atoms with Crippen molar-refractivity contribution < 1.29 is 9.53 Å². The van der Waals surface area contributed by atoms with Gasteiger partial charge in [0.25, 0.3) is 0 Å². The summed E-state index contributed by atoms with van der Waals surface area (Å²) in [4.78, 5) is 17.0. The van der Waals surface area contributed by atoms with Crippen LogP contribution in [0.2, 0.25) is 0 Å². The minimum absolute atomic E-state index is 0.00385. The molecule has 2 aromatic rings. The van der Waals surface area contributed by atoms with Crippen LogP contribution in [0.15, 0.2) is 53.7 Å². The molecule has 1 heterocycles. The summed E-state index contributed by atoms with van der Waals surface area (Å²) in [5.41, 5.74) is 1.65. The number of carbonyl (C=O) groups excluding carboxylic acids is 1. The van der Waals surface area contributed by atoms with Crippen molar-refractivity contribution in [2.45, 2.75) is 33.2 Å². The summed E-state index contributed by atoms with van der Waals surface area (Å²) in [6, 6.07) is 13.4. The molecule has 22 heavy (non-hydrogen) atoms. The summed E-state index contributed by atoms with van der Waals surface area (Å²) in [5.74, 6) is 0.825. The molecule has 0 bridgehead atoms. The monoisotopic (exact) mass is 298 g/mol. The number of hydrogen-bond acceptors (Lipinski definition) is 3. The molecule has 2 rings (SSSR count). The lowest BCUT2D eigenvalue weighted by Gasteiger charge is -2.08. The van der Waals surface area contributed by atoms with E-state index in [2.05, 4.69) is 4.99 Å². The van der Waals surface area contributed by atoms with Crippen LogP contribution in [0.4, 0.5) is 0 Å². The lowest BCUT2D eigenvalue weighted by molar-refractivity contribution is 0.0908. The molecule has 0 saturated carbocycles. The first-order valence-corrected chi connectivity index (χ1v) is 7.56. The van der Waals surface area contributed by atoms with Gasteiger partial charge in [-0.3, -0.25) is 14.4 Å². The Kier molecular flexibility index (Phi) is 5.53. The van der Waals surface area contributed by atoms with Crippen LogP contribution in [0.25, 0.3) is 0 Å². The number of aromatic nitrogens is 1. The summed E-state index contributed by atoms with van der Waals surface area (Å²) >= 11 is 0. The van der Waals surface area contributed by atoms with Crippen molar-refractivity contribution in [3.8, 4) is 5.75 Å². The molecule has 0 radical (unpaired) electrons. The van der Waals surface area contributed by atoms with E-state index in [1.165, 1.54) is 0 Å². The Morgan fingerprint density at radius 1 is 1.18 bits per heavy atom. The second kappa shape index (κ2) is 7.59. The molecule has 0 unspecified atom stereocenters. The lowest BCUT2D eigenvalue weighted by atomic mass is 10.1. The fraction of sp³-hybridized carbons (Fsp3) is 0.333. The van der Waals surface area contributed by atoms with E-state index >= 15 is 0 Å². The van der Waals surface area contributed by atoms with Crippen LogP contribution in [-0.4, -0.2) is 23.1 Å². The maximum Gasteiger partial charge on any atom is 0.236 e. The first kappa shape index (κ1) is 16.0. The fourth-order valence-corrected chi connectivity index (χ4v) is 2.14. The van der Waals surface area contributed by atoms with Gasteiger partial charge >= 0.3 is 0 Å². The molecular formula is C18H22N2O2. The van der Waals surface area contributed by atoms with E-state index in [1.54, 1.807) is 10.8 Å². The highest BCUT2D eigenvalue weighted by Crippen LogP contribution is 2.12. The van der Waals surface area contributed by atoms with Crippen LogP contribution in [0.3, 0.4) is 0 Å². The van der Waals surface area contributed by atoms with Crippen LogP contribution in [-0.2, 0) is 6.42 Å². The van der Waals surface area contributed by atoms with Crippen LogP contribution >= 0.6 is 0 Å². The number of ether oxygens (including phenoxy) is 1. The Bertz CT molecular complexity index is 685. The van der Waals surface area contributed by atoms with Crippen molar-refractivity contribution in [1.82, 2.24) is 4.57 Å². The zero-order valence-corrected chi connectivity index (χ0v) is 13.3. The third-order valence-corrected chi connectivity index (χ3v) is 3.09. The Morgan fingerprint density at radius 2 is 1.91 bits per heavy atom. The molecule has 0 aliphatic heterocycles. The predicted octanol–water partition coefficient (Wildman–Crippen LogP) is 3.08. The van der Waals surface area contributed by atoms with Crippen molar-refractivity contribution in [2.24, 2.45) is 4.99 Å². The van der Waals surface area contributed by atoms with Gasteiger partial charge in [0.05, 0.1) is 13.0 Å². The molecule has 0 saturated heterocycles. The number of nitrogens with zero attached hydrogens (tertiary/aromatic N) is 2. The van der Waals surface area contributed by atoms with E-state index in [4.69, 9.17) is 4.74 Å². The number of rotatable bonds is 5. The molecule has 4 heteroatoms. The van der Waals surface area contributed by atoms with E-state index < -0.39 is 0 Å². The molecule has 4 nitrogen and oxygen atoms in total. The van der Waals surface area contributed by atoms with Crippen molar-refractivity contribution in [3.05, 3.63) is 59.7 Å². The Hall–Kier alpha value is -2.36. The van der Waals surface area contributed by atoms with Crippen LogP contribution < -0.4 is 10.2 Å². The highest BCUT2D eigenvalue weighted by molar-refractivity contribution is 5.81. The Labute approximate surface area is 131 Å². The molecule has 0 N–H and O–H groups in total. The largest absolute Gasteiger partial charge is 0.494 e. The smallest absolute Gasteiger partial charge is 0.236 e. The van der Waals surface area contributed by atoms with Crippen molar-refractivity contribution in [3.63, 3.8) is 0 Å². The van der Waals surface area contributed by atoms with Gasteiger partial charge in [-0.2, -0.15) is 0 Å². The highest BCUT2D eigenvalue weighted by atomic mass is 16.5. The van der Waals surface area contributed by atoms with Crippen LogP contribution in [0, 0.1) is 0 Å². The van der Waals surface area contributed by atoms with E-state index in [0.717, 1.165) is 11.3 Å². The first-order chi connectivity index (χ1) is 10.6. The van der Waals surface area contributed by atoms with E-state index in [9.17, 15) is 4.79 Å². The van der Waals surface area contributed by atoms with Crippen LogP contribution in [0.5, 0.6) is 5.75 Å². The quantitative estimate of drug-likeness (QED) is 0.851. The topological polar surface area (TPSA) is 43.6 Å². The molecular weight excluding hydrogens is 276 g/mol. The fourth-order valence-electron chi connectivity index (χ4n) is 2.14. The number of hydrogen-bond donors (Lipinski definition) is 0. The predicted molar refractivity (Wildman–Crippen MR) is 87.1 cm³/mol. The van der Waals surface area contributed by atoms with Gasteiger partial charge in [0.15, 0.2) is 0 Å². The molecule has 116 valence electrons. The first-order valence-electron chi connectivity index (χ1n) is 7.56. The maximum atomic E-state index is 12.5. The van der Waals surface area contributed by atoms with Crippen molar-refractivity contribution in [2.75, 3.05) is 6.61 Å². The summed E-state index contributed by atoms with van der Waals surface area (Å²) in [6.07, 6.45) is 2.10. The molecule has 0 aliphatic carbocycles. The van der Waals surface area contributed by atoms with Crippen molar-refractivity contribution in [1.29, 1.82) is 0 Å². The van der Waals surface area contributed by atoms with Gasteiger partial charge in [-0.15, -0.1) is 0 Å². The second-order valence-corrected chi connectivity index (χ2v) is 5.30. The average Bonchev–Trinajstić information content (AvgIpc) is 2.49. The SMILES string of the molecule is CCOc1ccc(CC(=O)n2ccccc2=NC(C)C)cc1. The summed E-state index contributed by atoms with van der Waals surface area (Å²) in [6.45, 7) is 6.57. The molecule has 0 fully saturated rings. The number of pyridine rings is 1. The van der Waals surface area contributed by atoms with Gasteiger partial charge in [-0.05, 0) is 50.6 Å². The van der Waals surface area contributed by atoms with Gasteiger partial charge in [-0.1, -0.05) is 18.2 Å². The summed E-state index contributed by atoms with van der Waals surface area (Å²) in [5, 5.41) is 0. The summed E-state index contributed by atoms with van der Waals surface area (Å²) < 4.78 is 7.02. The number of benzene rings is 1. The summed E-state index contributed by atoms with van der Waals surface area (Å²) in [7, 11) is 0. The minimum atomic E-state index is 0.00385. The molecule has 0 amide bonds. The van der Waals surface area contributed by atoms with Gasteiger partial charge < -0.3 is 4.74 Å². The second-order valence-electron chi connectivity index (χ2n) is 5.30. The normalized spacial score (nSPS) is 11.7. The maximum absolute atomic E-state index is 12.5. The molecule has 0 atom stereocenters. The van der Waals surface area contributed by atoms with E-state index in [1.807, 2.05) is 63.2 Å². The molecule has 1 aromatic carbocycles. The van der Waals surface area contributed by atoms with E-state index in [-0.39, 0.29) is 11.9 Å². The number of carbonyl (C=O) groups is 1. The zero-order chi connectivity index (χ0) is 15.9. The van der Waals surface area contributed by atoms with Crippen LogP contribution in [0.1, 0.15) is 31.1 Å². The minimum Gasteiger partial charge on any atom is -0.494 e.